The minimum Gasteiger partial charge on any atom is -0.340 e. The molecule has 0 aliphatic rings. The van der Waals surface area contributed by atoms with E-state index < -0.39 is 23.5 Å². The molecular weight excluding hydrogens is 331 g/mol. The number of amides is 1. The summed E-state index contributed by atoms with van der Waals surface area (Å²) < 4.78 is 39.0. The van der Waals surface area contributed by atoms with E-state index in [1.807, 2.05) is 0 Å². The fourth-order valence-electron chi connectivity index (χ4n) is 1.76. The molecule has 120 valence electrons. The number of halogens is 4. The average Bonchev–Trinajstić information content (AvgIpc) is 2.46. The van der Waals surface area contributed by atoms with Crippen molar-refractivity contribution in [2.75, 3.05) is 10.6 Å². The zero-order chi connectivity index (χ0) is 17.0. The Labute approximate surface area is 135 Å². The maximum absolute atomic E-state index is 13.0. The topological polar surface area (TPSA) is 54.0 Å². The van der Waals surface area contributed by atoms with Crippen LogP contribution >= 0.6 is 11.6 Å². The Balaban J connectivity index is 2.32. The van der Waals surface area contributed by atoms with Crippen LogP contribution in [0.3, 0.4) is 0 Å². The van der Waals surface area contributed by atoms with Crippen molar-refractivity contribution in [2.45, 2.75) is 6.18 Å². The molecule has 0 saturated carbocycles. The summed E-state index contributed by atoms with van der Waals surface area (Å²) in [5.74, 6) is -0.851. The van der Waals surface area contributed by atoms with Gasteiger partial charge in [-0.05, 0) is 36.4 Å². The van der Waals surface area contributed by atoms with Gasteiger partial charge in [-0.25, -0.2) is 4.98 Å². The van der Waals surface area contributed by atoms with Crippen LogP contribution in [0.15, 0.2) is 49.1 Å². The maximum atomic E-state index is 13.0. The summed E-state index contributed by atoms with van der Waals surface area (Å²) in [6.45, 7) is 3.32. The number of alkyl halides is 3. The molecule has 0 fully saturated rings. The highest BCUT2D eigenvalue weighted by Crippen LogP contribution is 2.36. The molecule has 1 aromatic heterocycles. The van der Waals surface area contributed by atoms with Crippen LogP contribution in [0.25, 0.3) is 0 Å². The van der Waals surface area contributed by atoms with Gasteiger partial charge in [0, 0.05) is 11.4 Å². The molecule has 0 unspecified atom stereocenters. The Bertz CT molecular complexity index is 747. The van der Waals surface area contributed by atoms with Crippen molar-refractivity contribution in [1.29, 1.82) is 0 Å². The summed E-state index contributed by atoms with van der Waals surface area (Å²) in [4.78, 5) is 14.9. The number of benzene rings is 1. The molecule has 0 aliphatic heterocycles. The van der Waals surface area contributed by atoms with Gasteiger partial charge in [-0.1, -0.05) is 24.2 Å². The van der Waals surface area contributed by atoms with Crippen LogP contribution in [0.2, 0.25) is 5.15 Å². The van der Waals surface area contributed by atoms with E-state index in [1.165, 1.54) is 12.1 Å². The molecule has 0 aliphatic carbocycles. The standard InChI is InChI=1S/C15H11ClF3N3O/c1-2-13(23)20-9-4-3-5-10(8-9)21-14-11(15(17,18)19)6-7-12(16)22-14/h2-8H,1H2,(H,20,23)(H,21,22). The Morgan fingerprint density at radius 3 is 2.57 bits per heavy atom. The van der Waals surface area contributed by atoms with E-state index in [2.05, 4.69) is 22.2 Å². The zero-order valence-electron chi connectivity index (χ0n) is 11.6. The van der Waals surface area contributed by atoms with Crippen LogP contribution in [0.4, 0.5) is 30.4 Å². The number of hydrogen-bond acceptors (Lipinski definition) is 3. The van der Waals surface area contributed by atoms with Crippen molar-refractivity contribution in [3.8, 4) is 0 Å². The molecule has 0 atom stereocenters. The Hall–Kier alpha value is -2.54. The molecule has 23 heavy (non-hydrogen) atoms. The van der Waals surface area contributed by atoms with Gasteiger partial charge in [0.1, 0.15) is 11.0 Å². The number of pyridine rings is 1. The lowest BCUT2D eigenvalue weighted by molar-refractivity contribution is -0.137. The third-order valence-corrected chi connectivity index (χ3v) is 2.96. The first kappa shape index (κ1) is 16.8. The first-order valence-corrected chi connectivity index (χ1v) is 6.71. The highest BCUT2D eigenvalue weighted by Gasteiger charge is 2.34. The minimum absolute atomic E-state index is 0.0726. The number of hydrogen-bond donors (Lipinski definition) is 2. The van der Waals surface area contributed by atoms with E-state index in [4.69, 9.17) is 11.6 Å². The van der Waals surface area contributed by atoms with Crippen molar-refractivity contribution < 1.29 is 18.0 Å². The van der Waals surface area contributed by atoms with Gasteiger partial charge < -0.3 is 10.6 Å². The Morgan fingerprint density at radius 2 is 1.91 bits per heavy atom. The van der Waals surface area contributed by atoms with Gasteiger partial charge in [0.25, 0.3) is 0 Å². The first-order chi connectivity index (χ1) is 10.8. The van der Waals surface area contributed by atoms with Crippen molar-refractivity contribution in [1.82, 2.24) is 4.98 Å². The fraction of sp³-hybridized carbons (Fsp3) is 0.0667. The molecule has 2 rings (SSSR count). The molecule has 2 aromatic rings. The molecule has 1 amide bonds. The highest BCUT2D eigenvalue weighted by atomic mass is 35.5. The van der Waals surface area contributed by atoms with E-state index >= 15 is 0 Å². The largest absolute Gasteiger partial charge is 0.419 e. The number of carbonyl (C=O) groups excluding carboxylic acids is 1. The molecule has 1 heterocycles. The number of nitrogens with one attached hydrogen (secondary N) is 2. The third kappa shape index (κ3) is 4.46. The van der Waals surface area contributed by atoms with Gasteiger partial charge >= 0.3 is 6.18 Å². The zero-order valence-corrected chi connectivity index (χ0v) is 12.4. The second kappa shape index (κ2) is 6.70. The summed E-state index contributed by atoms with van der Waals surface area (Å²) in [5, 5.41) is 4.99. The number of aromatic nitrogens is 1. The highest BCUT2D eigenvalue weighted by molar-refractivity contribution is 6.29. The molecule has 8 heteroatoms. The van der Waals surface area contributed by atoms with Crippen molar-refractivity contribution >= 4 is 34.7 Å². The summed E-state index contributed by atoms with van der Waals surface area (Å²) in [6.07, 6.45) is -3.49. The lowest BCUT2D eigenvalue weighted by Crippen LogP contribution is -2.11. The predicted octanol–water partition coefficient (Wildman–Crippen LogP) is 4.62. The van der Waals surface area contributed by atoms with E-state index in [9.17, 15) is 18.0 Å². The van der Waals surface area contributed by atoms with Gasteiger partial charge in [0.2, 0.25) is 5.91 Å². The number of rotatable bonds is 4. The lowest BCUT2D eigenvalue weighted by Gasteiger charge is -2.14. The average molecular weight is 342 g/mol. The SMILES string of the molecule is C=CC(=O)Nc1cccc(Nc2nc(Cl)ccc2C(F)(F)F)c1. The van der Waals surface area contributed by atoms with E-state index in [1.54, 1.807) is 12.1 Å². The van der Waals surface area contributed by atoms with Crippen molar-refractivity contribution in [3.05, 3.63) is 59.8 Å². The van der Waals surface area contributed by atoms with E-state index in [-0.39, 0.29) is 5.15 Å². The van der Waals surface area contributed by atoms with Gasteiger partial charge in [-0.3, -0.25) is 4.79 Å². The second-order valence-electron chi connectivity index (χ2n) is 4.43. The summed E-state index contributed by atoms with van der Waals surface area (Å²) in [6, 6.07) is 8.06. The molecule has 2 N–H and O–H groups in total. The van der Waals surface area contributed by atoms with Crippen LogP contribution < -0.4 is 10.6 Å². The minimum atomic E-state index is -4.57. The quantitative estimate of drug-likeness (QED) is 0.630. The van der Waals surface area contributed by atoms with Gasteiger partial charge in [0.15, 0.2) is 0 Å². The van der Waals surface area contributed by atoms with Crippen LogP contribution in [0.5, 0.6) is 0 Å². The molecular formula is C15H11ClF3N3O. The normalized spacial score (nSPS) is 11.0. The lowest BCUT2D eigenvalue weighted by atomic mass is 10.2. The monoisotopic (exact) mass is 341 g/mol. The van der Waals surface area contributed by atoms with Crippen molar-refractivity contribution in [2.24, 2.45) is 0 Å². The third-order valence-electron chi connectivity index (χ3n) is 2.74. The second-order valence-corrected chi connectivity index (χ2v) is 4.81. The van der Waals surface area contributed by atoms with Gasteiger partial charge in [-0.15, -0.1) is 0 Å². The number of carbonyl (C=O) groups is 1. The maximum Gasteiger partial charge on any atom is 0.419 e. The van der Waals surface area contributed by atoms with Gasteiger partial charge in [-0.2, -0.15) is 13.2 Å². The van der Waals surface area contributed by atoms with Crippen LogP contribution in [0.1, 0.15) is 5.56 Å². The fourth-order valence-corrected chi connectivity index (χ4v) is 1.91. The molecule has 4 nitrogen and oxygen atoms in total. The van der Waals surface area contributed by atoms with Crippen LogP contribution in [0, 0.1) is 0 Å². The summed E-state index contributed by atoms with van der Waals surface area (Å²) in [5.41, 5.74) is -0.231. The number of anilines is 3. The van der Waals surface area contributed by atoms with Crippen LogP contribution in [-0.4, -0.2) is 10.9 Å². The molecule has 0 bridgehead atoms. The summed E-state index contributed by atoms with van der Waals surface area (Å²) in [7, 11) is 0. The molecule has 0 radical (unpaired) electrons. The predicted molar refractivity (Wildman–Crippen MR) is 82.8 cm³/mol. The molecule has 1 aromatic carbocycles. The molecule has 0 spiro atoms. The smallest absolute Gasteiger partial charge is 0.340 e. The Kier molecular flexibility index (Phi) is 4.90. The number of nitrogens with zero attached hydrogens (tertiary/aromatic N) is 1. The van der Waals surface area contributed by atoms with E-state index in [0.717, 1.165) is 18.2 Å². The van der Waals surface area contributed by atoms with Gasteiger partial charge in [0.05, 0.1) is 5.56 Å². The summed E-state index contributed by atoms with van der Waals surface area (Å²) >= 11 is 5.67. The van der Waals surface area contributed by atoms with Crippen LogP contribution in [-0.2, 0) is 11.0 Å². The Morgan fingerprint density at radius 1 is 1.22 bits per heavy atom. The van der Waals surface area contributed by atoms with E-state index in [0.29, 0.717) is 11.4 Å². The first-order valence-electron chi connectivity index (χ1n) is 6.34. The van der Waals surface area contributed by atoms with Crippen molar-refractivity contribution in [3.63, 3.8) is 0 Å². The molecule has 0 saturated heterocycles.